The summed E-state index contributed by atoms with van der Waals surface area (Å²) in [7, 11) is 0. The van der Waals surface area contributed by atoms with Crippen molar-refractivity contribution in [3.8, 4) is 0 Å². The van der Waals surface area contributed by atoms with E-state index in [4.69, 9.17) is 0 Å². The summed E-state index contributed by atoms with van der Waals surface area (Å²) in [6.45, 7) is 0. The van der Waals surface area contributed by atoms with E-state index in [2.05, 4.69) is 4.74 Å². The standard InChI is InChI=1S/C14H9FO3/c15-12-9-5-4-8-11(12)14(17)18-13(16)10-6-2-1-3-7-10/h1-9H. The van der Waals surface area contributed by atoms with Gasteiger partial charge in [-0.05, 0) is 24.3 Å². The minimum absolute atomic E-state index is 0.238. The van der Waals surface area contributed by atoms with Crippen molar-refractivity contribution in [3.05, 3.63) is 71.5 Å². The predicted octanol–water partition coefficient (Wildman–Crippen LogP) is 2.82. The van der Waals surface area contributed by atoms with Crippen molar-refractivity contribution >= 4 is 11.9 Å². The summed E-state index contributed by atoms with van der Waals surface area (Å²) in [5.41, 5.74) is -0.0241. The highest BCUT2D eigenvalue weighted by Gasteiger charge is 2.17. The van der Waals surface area contributed by atoms with E-state index in [1.54, 1.807) is 18.2 Å². The van der Waals surface area contributed by atoms with Crippen LogP contribution < -0.4 is 0 Å². The van der Waals surface area contributed by atoms with Crippen molar-refractivity contribution in [2.75, 3.05) is 0 Å². The molecule has 90 valence electrons. The molecule has 0 atom stereocenters. The predicted molar refractivity (Wildman–Crippen MR) is 62.6 cm³/mol. The highest BCUT2D eigenvalue weighted by Crippen LogP contribution is 2.10. The zero-order valence-corrected chi connectivity index (χ0v) is 9.30. The number of hydrogen-bond donors (Lipinski definition) is 0. The van der Waals surface area contributed by atoms with Gasteiger partial charge >= 0.3 is 11.9 Å². The summed E-state index contributed by atoms with van der Waals surface area (Å²) in [4.78, 5) is 23.1. The molecule has 0 aliphatic rings. The molecule has 0 fully saturated rings. The molecule has 0 saturated carbocycles. The molecule has 0 amide bonds. The lowest BCUT2D eigenvalue weighted by Crippen LogP contribution is -2.13. The Hall–Kier alpha value is -2.49. The van der Waals surface area contributed by atoms with Crippen LogP contribution in [0.15, 0.2) is 54.6 Å². The molecule has 0 N–H and O–H groups in total. The number of ether oxygens (including phenoxy) is 1. The van der Waals surface area contributed by atoms with E-state index < -0.39 is 17.8 Å². The molecule has 0 unspecified atom stereocenters. The maximum absolute atomic E-state index is 13.3. The molecular formula is C14H9FO3. The normalized spacial score (nSPS) is 9.83. The van der Waals surface area contributed by atoms with Gasteiger partial charge in [-0.25, -0.2) is 14.0 Å². The van der Waals surface area contributed by atoms with Gasteiger partial charge in [-0.1, -0.05) is 30.3 Å². The molecule has 0 aliphatic heterocycles. The van der Waals surface area contributed by atoms with Crippen molar-refractivity contribution in [1.29, 1.82) is 0 Å². The van der Waals surface area contributed by atoms with Crippen LogP contribution >= 0.6 is 0 Å². The van der Waals surface area contributed by atoms with Gasteiger partial charge in [0.05, 0.1) is 11.1 Å². The minimum atomic E-state index is -0.998. The van der Waals surface area contributed by atoms with Crippen LogP contribution in [-0.4, -0.2) is 11.9 Å². The molecule has 2 aromatic rings. The number of benzene rings is 2. The zero-order chi connectivity index (χ0) is 13.0. The fourth-order valence-electron chi connectivity index (χ4n) is 1.40. The maximum atomic E-state index is 13.3. The first-order chi connectivity index (χ1) is 8.68. The Morgan fingerprint density at radius 1 is 0.833 bits per heavy atom. The number of hydrogen-bond acceptors (Lipinski definition) is 3. The van der Waals surface area contributed by atoms with Crippen molar-refractivity contribution in [2.24, 2.45) is 0 Å². The first-order valence-electron chi connectivity index (χ1n) is 5.24. The Kier molecular flexibility index (Phi) is 3.48. The summed E-state index contributed by atoms with van der Waals surface area (Å²) in [6, 6.07) is 13.4. The number of esters is 2. The summed E-state index contributed by atoms with van der Waals surface area (Å²) < 4.78 is 17.9. The van der Waals surface area contributed by atoms with Crippen LogP contribution in [0.2, 0.25) is 0 Å². The Bertz CT molecular complexity index is 579. The van der Waals surface area contributed by atoms with Gasteiger partial charge in [0.25, 0.3) is 0 Å². The van der Waals surface area contributed by atoms with Gasteiger partial charge in [-0.2, -0.15) is 0 Å². The minimum Gasteiger partial charge on any atom is -0.386 e. The highest BCUT2D eigenvalue weighted by atomic mass is 19.1. The molecule has 0 aromatic heterocycles. The summed E-state index contributed by atoms with van der Waals surface area (Å²) in [5, 5.41) is 0. The zero-order valence-electron chi connectivity index (χ0n) is 9.30. The molecular weight excluding hydrogens is 235 g/mol. The fraction of sp³-hybridized carbons (Fsp3) is 0. The van der Waals surface area contributed by atoms with Crippen LogP contribution in [0.4, 0.5) is 4.39 Å². The monoisotopic (exact) mass is 244 g/mol. The average Bonchev–Trinajstić information content (AvgIpc) is 2.40. The molecule has 4 heteroatoms. The Morgan fingerprint density at radius 3 is 2.11 bits per heavy atom. The first-order valence-corrected chi connectivity index (χ1v) is 5.24. The summed E-state index contributed by atoms with van der Waals surface area (Å²) in [5.74, 6) is -2.52. The lowest BCUT2D eigenvalue weighted by atomic mass is 10.2. The molecule has 0 saturated heterocycles. The molecule has 0 spiro atoms. The molecule has 2 rings (SSSR count). The van der Waals surface area contributed by atoms with Crippen LogP contribution in [0.25, 0.3) is 0 Å². The van der Waals surface area contributed by atoms with Crippen LogP contribution in [0.1, 0.15) is 20.7 Å². The van der Waals surface area contributed by atoms with Crippen LogP contribution in [0, 0.1) is 5.82 Å². The Morgan fingerprint density at radius 2 is 1.44 bits per heavy atom. The highest BCUT2D eigenvalue weighted by molar-refractivity contribution is 6.02. The van der Waals surface area contributed by atoms with Gasteiger partial charge in [-0.15, -0.1) is 0 Å². The molecule has 2 aromatic carbocycles. The topological polar surface area (TPSA) is 43.4 Å². The Labute approximate surface area is 103 Å². The second-order valence-corrected chi connectivity index (χ2v) is 3.52. The molecule has 0 aliphatic carbocycles. The van der Waals surface area contributed by atoms with E-state index in [0.29, 0.717) is 0 Å². The smallest absolute Gasteiger partial charge is 0.349 e. The Balaban J connectivity index is 2.14. The first kappa shape index (κ1) is 12.0. The fourth-order valence-corrected chi connectivity index (χ4v) is 1.40. The van der Waals surface area contributed by atoms with Crippen LogP contribution in [0.3, 0.4) is 0 Å². The third kappa shape index (κ3) is 2.60. The SMILES string of the molecule is O=C(OC(=O)c1ccccc1F)c1ccccc1. The lowest BCUT2D eigenvalue weighted by molar-refractivity contribution is 0.0395. The van der Waals surface area contributed by atoms with Gasteiger partial charge < -0.3 is 4.74 Å². The number of halogens is 1. The van der Waals surface area contributed by atoms with Gasteiger partial charge in [0, 0.05) is 0 Å². The summed E-state index contributed by atoms with van der Waals surface area (Å²) in [6.07, 6.45) is 0. The molecule has 0 radical (unpaired) electrons. The molecule has 18 heavy (non-hydrogen) atoms. The maximum Gasteiger partial charge on any atom is 0.349 e. The van der Waals surface area contributed by atoms with Crippen molar-refractivity contribution in [1.82, 2.24) is 0 Å². The van der Waals surface area contributed by atoms with Gasteiger partial charge in [-0.3, -0.25) is 0 Å². The average molecular weight is 244 g/mol. The van der Waals surface area contributed by atoms with Crippen molar-refractivity contribution < 1.29 is 18.7 Å². The van der Waals surface area contributed by atoms with Crippen LogP contribution in [0.5, 0.6) is 0 Å². The molecule has 3 nitrogen and oxygen atoms in total. The van der Waals surface area contributed by atoms with E-state index in [-0.39, 0.29) is 11.1 Å². The van der Waals surface area contributed by atoms with E-state index in [9.17, 15) is 14.0 Å². The summed E-state index contributed by atoms with van der Waals surface area (Å²) >= 11 is 0. The second-order valence-electron chi connectivity index (χ2n) is 3.52. The third-order valence-corrected chi connectivity index (χ3v) is 2.29. The number of rotatable bonds is 2. The number of carbonyl (C=O) groups is 2. The van der Waals surface area contributed by atoms with E-state index in [1.165, 1.54) is 30.3 Å². The quantitative estimate of drug-likeness (QED) is 0.602. The number of carbonyl (C=O) groups excluding carboxylic acids is 2. The van der Waals surface area contributed by atoms with Gasteiger partial charge in [0.1, 0.15) is 5.82 Å². The lowest BCUT2D eigenvalue weighted by Gasteiger charge is -2.03. The molecule has 0 bridgehead atoms. The third-order valence-electron chi connectivity index (χ3n) is 2.29. The van der Waals surface area contributed by atoms with Gasteiger partial charge in [0.2, 0.25) is 0 Å². The van der Waals surface area contributed by atoms with E-state index in [1.807, 2.05) is 0 Å². The largest absolute Gasteiger partial charge is 0.386 e. The second kappa shape index (κ2) is 5.23. The van der Waals surface area contributed by atoms with E-state index >= 15 is 0 Å². The van der Waals surface area contributed by atoms with Crippen molar-refractivity contribution in [3.63, 3.8) is 0 Å². The van der Waals surface area contributed by atoms with E-state index in [0.717, 1.165) is 6.07 Å². The van der Waals surface area contributed by atoms with Crippen molar-refractivity contribution in [2.45, 2.75) is 0 Å². The van der Waals surface area contributed by atoms with Gasteiger partial charge in [0.15, 0.2) is 0 Å². The molecule has 0 heterocycles. The van der Waals surface area contributed by atoms with Crippen LogP contribution in [-0.2, 0) is 4.74 Å².